The molecule has 0 aliphatic carbocycles. The van der Waals surface area contributed by atoms with Gasteiger partial charge in [0.05, 0.1) is 0 Å². The van der Waals surface area contributed by atoms with Gasteiger partial charge in [-0.1, -0.05) is 30.3 Å². The lowest BCUT2D eigenvalue weighted by atomic mass is 10.0. The number of carbonyl (C=O) groups excluding carboxylic acids is 1. The van der Waals surface area contributed by atoms with Crippen molar-refractivity contribution in [1.82, 2.24) is 0 Å². The molecule has 1 amide bonds. The Morgan fingerprint density at radius 1 is 1.29 bits per heavy atom. The van der Waals surface area contributed by atoms with E-state index in [9.17, 15) is 13.6 Å². The molecule has 0 saturated carbocycles. The SMILES string of the molecule is NC(=O)C(F)(F)[C@@H](N)c1ccccc1. The van der Waals surface area contributed by atoms with E-state index in [-0.39, 0.29) is 5.56 Å². The molecule has 0 radical (unpaired) electrons. The largest absolute Gasteiger partial charge is 0.364 e. The summed E-state index contributed by atoms with van der Waals surface area (Å²) in [6.07, 6.45) is 0. The van der Waals surface area contributed by atoms with Crippen molar-refractivity contribution in [3.63, 3.8) is 0 Å². The van der Waals surface area contributed by atoms with Gasteiger partial charge in [-0.05, 0) is 5.56 Å². The minimum absolute atomic E-state index is 0.177. The van der Waals surface area contributed by atoms with Crippen LogP contribution in [0.25, 0.3) is 0 Å². The summed E-state index contributed by atoms with van der Waals surface area (Å²) in [5.41, 5.74) is 9.94. The van der Waals surface area contributed by atoms with Gasteiger partial charge in [0.15, 0.2) is 0 Å². The summed E-state index contributed by atoms with van der Waals surface area (Å²) in [4.78, 5) is 10.4. The molecule has 0 bridgehead atoms. The molecule has 0 aromatic heterocycles. The first-order valence-corrected chi connectivity index (χ1v) is 3.94. The van der Waals surface area contributed by atoms with Gasteiger partial charge in [0.2, 0.25) is 0 Å². The quantitative estimate of drug-likeness (QED) is 0.757. The molecule has 0 aliphatic heterocycles. The molecule has 0 heterocycles. The number of nitrogens with two attached hydrogens (primary N) is 2. The van der Waals surface area contributed by atoms with Crippen molar-refractivity contribution in [2.75, 3.05) is 0 Å². The molecule has 0 fully saturated rings. The predicted octanol–water partition coefficient (Wildman–Crippen LogP) is 0.807. The zero-order chi connectivity index (χ0) is 10.8. The number of primary amides is 1. The normalized spacial score (nSPS) is 13.6. The smallest absolute Gasteiger partial charge is 0.343 e. The van der Waals surface area contributed by atoms with Crippen LogP contribution >= 0.6 is 0 Å². The number of alkyl halides is 2. The average molecular weight is 200 g/mol. The lowest BCUT2D eigenvalue weighted by Gasteiger charge is -2.20. The molecule has 0 saturated heterocycles. The molecule has 1 rings (SSSR count). The van der Waals surface area contributed by atoms with Crippen LogP contribution in [0.1, 0.15) is 11.6 Å². The number of rotatable bonds is 3. The van der Waals surface area contributed by atoms with Crippen LogP contribution in [0.5, 0.6) is 0 Å². The molecular formula is C9H10F2N2O. The van der Waals surface area contributed by atoms with Crippen molar-refractivity contribution in [2.45, 2.75) is 12.0 Å². The van der Waals surface area contributed by atoms with Crippen LogP contribution in [-0.4, -0.2) is 11.8 Å². The maximum absolute atomic E-state index is 13.0. The molecule has 0 aliphatic rings. The summed E-state index contributed by atoms with van der Waals surface area (Å²) < 4.78 is 26.1. The summed E-state index contributed by atoms with van der Waals surface area (Å²) in [6, 6.07) is 5.93. The van der Waals surface area contributed by atoms with E-state index in [0.717, 1.165) is 0 Å². The number of hydrogen-bond donors (Lipinski definition) is 2. The predicted molar refractivity (Wildman–Crippen MR) is 47.5 cm³/mol. The lowest BCUT2D eigenvalue weighted by Crippen LogP contribution is -2.44. The lowest BCUT2D eigenvalue weighted by molar-refractivity contribution is -0.145. The van der Waals surface area contributed by atoms with E-state index in [4.69, 9.17) is 5.73 Å². The monoisotopic (exact) mass is 200 g/mol. The summed E-state index contributed by atoms with van der Waals surface area (Å²) in [7, 11) is 0. The fourth-order valence-electron chi connectivity index (χ4n) is 1.02. The Hall–Kier alpha value is -1.49. The van der Waals surface area contributed by atoms with Crippen molar-refractivity contribution in [1.29, 1.82) is 0 Å². The van der Waals surface area contributed by atoms with Gasteiger partial charge in [-0.25, -0.2) is 0 Å². The van der Waals surface area contributed by atoms with Crippen LogP contribution < -0.4 is 11.5 Å². The topological polar surface area (TPSA) is 69.1 Å². The Kier molecular flexibility index (Phi) is 2.81. The Labute approximate surface area is 79.7 Å². The van der Waals surface area contributed by atoms with Crippen LogP contribution in [0.2, 0.25) is 0 Å². The van der Waals surface area contributed by atoms with Crippen LogP contribution in [0.4, 0.5) is 8.78 Å². The second-order valence-corrected chi connectivity index (χ2v) is 2.88. The van der Waals surface area contributed by atoms with Crippen molar-refractivity contribution < 1.29 is 13.6 Å². The zero-order valence-electron chi connectivity index (χ0n) is 7.28. The first-order valence-electron chi connectivity index (χ1n) is 3.94. The van der Waals surface area contributed by atoms with Gasteiger partial charge < -0.3 is 11.5 Å². The van der Waals surface area contributed by atoms with E-state index in [0.29, 0.717) is 0 Å². The molecule has 0 unspecified atom stereocenters. The highest BCUT2D eigenvalue weighted by atomic mass is 19.3. The summed E-state index contributed by atoms with van der Waals surface area (Å²) >= 11 is 0. The molecule has 1 aromatic rings. The molecule has 1 aromatic carbocycles. The van der Waals surface area contributed by atoms with Crippen molar-refractivity contribution in [2.24, 2.45) is 11.5 Å². The Morgan fingerprint density at radius 3 is 2.21 bits per heavy atom. The van der Waals surface area contributed by atoms with E-state index in [2.05, 4.69) is 5.73 Å². The average Bonchev–Trinajstić information content (AvgIpc) is 2.17. The Bertz CT molecular complexity index is 327. The zero-order valence-corrected chi connectivity index (χ0v) is 7.28. The summed E-state index contributed by atoms with van der Waals surface area (Å²) in [5, 5.41) is 0. The number of hydrogen-bond acceptors (Lipinski definition) is 2. The third-order valence-corrected chi connectivity index (χ3v) is 1.88. The molecule has 4 N–H and O–H groups in total. The first kappa shape index (κ1) is 10.6. The maximum atomic E-state index is 13.0. The second kappa shape index (κ2) is 3.71. The summed E-state index contributed by atoms with van der Waals surface area (Å²) in [5.74, 6) is -5.43. The fraction of sp³-hybridized carbons (Fsp3) is 0.222. The third-order valence-electron chi connectivity index (χ3n) is 1.88. The van der Waals surface area contributed by atoms with Gasteiger partial charge in [0.1, 0.15) is 6.04 Å². The van der Waals surface area contributed by atoms with Gasteiger partial charge in [-0.15, -0.1) is 0 Å². The van der Waals surface area contributed by atoms with Gasteiger partial charge in [0.25, 0.3) is 5.91 Å². The van der Waals surface area contributed by atoms with E-state index < -0.39 is 17.9 Å². The van der Waals surface area contributed by atoms with Crippen molar-refractivity contribution >= 4 is 5.91 Å². The van der Waals surface area contributed by atoms with Gasteiger partial charge in [0, 0.05) is 0 Å². The number of amides is 1. The molecule has 76 valence electrons. The highest BCUT2D eigenvalue weighted by Gasteiger charge is 2.44. The highest BCUT2D eigenvalue weighted by Crippen LogP contribution is 2.28. The number of carbonyl (C=O) groups is 1. The molecule has 3 nitrogen and oxygen atoms in total. The van der Waals surface area contributed by atoms with E-state index in [1.807, 2.05) is 0 Å². The standard InChI is InChI=1S/C9H10F2N2O/c10-9(11,8(13)14)7(12)6-4-2-1-3-5-6/h1-5,7H,12H2,(H2,13,14)/t7-/m0/s1. The molecule has 0 spiro atoms. The fourth-order valence-corrected chi connectivity index (χ4v) is 1.02. The van der Waals surface area contributed by atoms with Crippen molar-refractivity contribution in [3.8, 4) is 0 Å². The van der Waals surface area contributed by atoms with Crippen molar-refractivity contribution in [3.05, 3.63) is 35.9 Å². The van der Waals surface area contributed by atoms with E-state index >= 15 is 0 Å². The Morgan fingerprint density at radius 2 is 1.79 bits per heavy atom. The number of benzene rings is 1. The van der Waals surface area contributed by atoms with Crippen LogP contribution in [-0.2, 0) is 4.79 Å². The first-order chi connectivity index (χ1) is 6.46. The maximum Gasteiger partial charge on any atom is 0.343 e. The number of halogens is 2. The van der Waals surface area contributed by atoms with E-state index in [1.165, 1.54) is 12.1 Å². The molecule has 14 heavy (non-hydrogen) atoms. The van der Waals surface area contributed by atoms with Gasteiger partial charge in [-0.2, -0.15) is 8.78 Å². The molecule has 1 atom stereocenters. The Balaban J connectivity index is 2.96. The highest BCUT2D eigenvalue weighted by molar-refractivity contribution is 5.82. The second-order valence-electron chi connectivity index (χ2n) is 2.88. The minimum Gasteiger partial charge on any atom is -0.364 e. The van der Waals surface area contributed by atoms with Crippen LogP contribution in [0.3, 0.4) is 0 Å². The van der Waals surface area contributed by atoms with Crippen LogP contribution in [0, 0.1) is 0 Å². The van der Waals surface area contributed by atoms with Gasteiger partial charge in [-0.3, -0.25) is 4.79 Å². The van der Waals surface area contributed by atoms with E-state index in [1.54, 1.807) is 18.2 Å². The molecule has 5 heteroatoms. The molecular weight excluding hydrogens is 190 g/mol. The van der Waals surface area contributed by atoms with Gasteiger partial charge >= 0.3 is 5.92 Å². The summed E-state index contributed by atoms with van der Waals surface area (Å²) in [6.45, 7) is 0. The minimum atomic E-state index is -3.72. The van der Waals surface area contributed by atoms with Crippen LogP contribution in [0.15, 0.2) is 30.3 Å². The third kappa shape index (κ3) is 1.88.